The van der Waals surface area contributed by atoms with E-state index in [0.29, 0.717) is 12.2 Å². The fraction of sp³-hybridized carbons (Fsp3) is 0.368. The maximum atomic E-state index is 12.4. The highest BCUT2D eigenvalue weighted by molar-refractivity contribution is 6.09. The number of carbonyl (C=O) groups excluding carboxylic acids is 1. The predicted molar refractivity (Wildman–Crippen MR) is 97.8 cm³/mol. The number of pyridine rings is 1. The summed E-state index contributed by atoms with van der Waals surface area (Å²) in [6.45, 7) is 5.21. The van der Waals surface area contributed by atoms with Gasteiger partial charge in [-0.1, -0.05) is 18.2 Å². The smallest absolute Gasteiger partial charge is 0.269 e. The normalized spacial score (nSPS) is 15.7. The van der Waals surface area contributed by atoms with Crippen molar-refractivity contribution in [3.8, 4) is 0 Å². The molecule has 4 rings (SSSR count). The summed E-state index contributed by atoms with van der Waals surface area (Å²) in [6, 6.07) is 9.94. The number of para-hydroxylation sites is 1. The number of fused-ring (bicyclic) bond motifs is 3. The summed E-state index contributed by atoms with van der Waals surface area (Å²) < 4.78 is 5.34. The molecule has 2 N–H and O–H groups in total. The third-order valence-corrected chi connectivity index (χ3v) is 4.66. The minimum Gasteiger partial charge on any atom is -0.379 e. The Hall–Kier alpha value is -2.44. The van der Waals surface area contributed by atoms with Gasteiger partial charge in [0, 0.05) is 35.9 Å². The largest absolute Gasteiger partial charge is 0.379 e. The number of nitrogens with one attached hydrogen (secondary N) is 2. The minimum absolute atomic E-state index is 0.117. The maximum absolute atomic E-state index is 12.4. The fourth-order valence-corrected chi connectivity index (χ4v) is 3.29. The average Bonchev–Trinajstić information content (AvgIpc) is 3.04. The summed E-state index contributed by atoms with van der Waals surface area (Å²) in [6.07, 6.45) is 2.67. The Morgan fingerprint density at radius 3 is 2.92 bits per heavy atom. The zero-order chi connectivity index (χ0) is 17.1. The van der Waals surface area contributed by atoms with E-state index in [1.54, 1.807) is 6.20 Å². The van der Waals surface area contributed by atoms with Gasteiger partial charge in [-0.2, -0.15) is 0 Å². The highest BCUT2D eigenvalue weighted by Gasteiger charge is 2.12. The fourth-order valence-electron chi connectivity index (χ4n) is 3.29. The number of hydrogen-bond donors (Lipinski definition) is 2. The summed E-state index contributed by atoms with van der Waals surface area (Å²) >= 11 is 0. The van der Waals surface area contributed by atoms with Crippen molar-refractivity contribution >= 4 is 27.7 Å². The van der Waals surface area contributed by atoms with Crippen LogP contribution in [-0.2, 0) is 4.74 Å². The predicted octanol–water partition coefficient (Wildman–Crippen LogP) is 2.17. The van der Waals surface area contributed by atoms with Gasteiger partial charge < -0.3 is 15.0 Å². The lowest BCUT2D eigenvalue weighted by molar-refractivity contribution is 0.0374. The van der Waals surface area contributed by atoms with E-state index in [1.165, 1.54) is 0 Å². The molecule has 2 aromatic heterocycles. The Labute approximate surface area is 146 Å². The molecule has 1 saturated heterocycles. The number of hydrogen-bond acceptors (Lipinski definition) is 4. The monoisotopic (exact) mass is 338 g/mol. The highest BCUT2D eigenvalue weighted by atomic mass is 16.5. The standard InChI is InChI=1S/C19H22N4O2/c24-19(20-6-3-7-23-8-10-25-11-9-23)17-12-15-14-4-1-2-5-16(14)22-18(15)13-21-17/h1-2,4-5,12-13,22H,3,6-11H2,(H,20,24). The number of benzene rings is 1. The third kappa shape index (κ3) is 3.50. The second kappa shape index (κ2) is 7.21. The van der Waals surface area contributed by atoms with Gasteiger partial charge in [0.2, 0.25) is 0 Å². The number of aromatic amines is 1. The molecule has 0 radical (unpaired) electrons. The summed E-state index contributed by atoms with van der Waals surface area (Å²) in [5, 5.41) is 5.12. The lowest BCUT2D eigenvalue weighted by Gasteiger charge is -2.26. The molecule has 0 atom stereocenters. The van der Waals surface area contributed by atoms with E-state index in [0.717, 1.165) is 61.1 Å². The van der Waals surface area contributed by atoms with E-state index in [1.807, 2.05) is 24.3 Å². The van der Waals surface area contributed by atoms with Crippen LogP contribution in [0.5, 0.6) is 0 Å². The molecule has 6 nitrogen and oxygen atoms in total. The van der Waals surface area contributed by atoms with E-state index in [-0.39, 0.29) is 5.91 Å². The van der Waals surface area contributed by atoms with E-state index >= 15 is 0 Å². The van der Waals surface area contributed by atoms with E-state index < -0.39 is 0 Å². The molecule has 3 aromatic rings. The average molecular weight is 338 g/mol. The van der Waals surface area contributed by atoms with Crippen LogP contribution in [0.1, 0.15) is 16.9 Å². The van der Waals surface area contributed by atoms with Gasteiger partial charge in [0.15, 0.2) is 0 Å². The van der Waals surface area contributed by atoms with Crippen molar-refractivity contribution < 1.29 is 9.53 Å². The molecule has 1 fully saturated rings. The highest BCUT2D eigenvalue weighted by Crippen LogP contribution is 2.24. The van der Waals surface area contributed by atoms with E-state index in [2.05, 4.69) is 26.3 Å². The van der Waals surface area contributed by atoms with Crippen LogP contribution in [0.4, 0.5) is 0 Å². The van der Waals surface area contributed by atoms with Crippen molar-refractivity contribution in [3.63, 3.8) is 0 Å². The number of nitrogens with zero attached hydrogens (tertiary/aromatic N) is 2. The Bertz CT molecular complexity index is 883. The van der Waals surface area contributed by atoms with Gasteiger partial charge in [-0.3, -0.25) is 9.69 Å². The first kappa shape index (κ1) is 16.1. The molecule has 0 saturated carbocycles. The number of morpholine rings is 1. The Balaban J connectivity index is 1.39. The molecule has 1 aromatic carbocycles. The van der Waals surface area contributed by atoms with Crippen molar-refractivity contribution in [2.24, 2.45) is 0 Å². The van der Waals surface area contributed by atoms with Crippen molar-refractivity contribution in [1.29, 1.82) is 0 Å². The molecule has 1 amide bonds. The summed E-state index contributed by atoms with van der Waals surface area (Å²) in [4.78, 5) is 22.4. The number of amides is 1. The van der Waals surface area contributed by atoms with Gasteiger partial charge in [0.05, 0.1) is 24.9 Å². The van der Waals surface area contributed by atoms with Gasteiger partial charge in [0.1, 0.15) is 5.69 Å². The van der Waals surface area contributed by atoms with Crippen LogP contribution >= 0.6 is 0 Å². The molecule has 1 aliphatic heterocycles. The Morgan fingerprint density at radius 2 is 2.04 bits per heavy atom. The summed E-state index contributed by atoms with van der Waals surface area (Å²) in [7, 11) is 0. The maximum Gasteiger partial charge on any atom is 0.269 e. The molecule has 25 heavy (non-hydrogen) atoms. The second-order valence-electron chi connectivity index (χ2n) is 6.35. The molecule has 130 valence electrons. The quantitative estimate of drug-likeness (QED) is 0.700. The topological polar surface area (TPSA) is 70.2 Å². The molecule has 0 spiro atoms. The molecule has 0 unspecified atom stereocenters. The van der Waals surface area contributed by atoms with Crippen LogP contribution in [-0.4, -0.2) is 60.2 Å². The molecular formula is C19H22N4O2. The molecule has 0 aliphatic carbocycles. The van der Waals surface area contributed by atoms with Crippen LogP contribution in [0.2, 0.25) is 0 Å². The lowest BCUT2D eigenvalue weighted by Crippen LogP contribution is -2.38. The molecule has 6 heteroatoms. The Morgan fingerprint density at radius 1 is 1.20 bits per heavy atom. The van der Waals surface area contributed by atoms with Gasteiger partial charge in [0.25, 0.3) is 5.91 Å². The number of carbonyl (C=O) groups is 1. The van der Waals surface area contributed by atoms with Crippen LogP contribution < -0.4 is 5.32 Å². The van der Waals surface area contributed by atoms with Crippen molar-refractivity contribution in [2.75, 3.05) is 39.4 Å². The third-order valence-electron chi connectivity index (χ3n) is 4.66. The van der Waals surface area contributed by atoms with Gasteiger partial charge in [-0.25, -0.2) is 4.98 Å². The van der Waals surface area contributed by atoms with Crippen molar-refractivity contribution in [1.82, 2.24) is 20.2 Å². The Kier molecular flexibility index (Phi) is 4.63. The van der Waals surface area contributed by atoms with Crippen LogP contribution in [0.25, 0.3) is 21.8 Å². The zero-order valence-corrected chi connectivity index (χ0v) is 14.1. The number of H-pyrrole nitrogens is 1. The van der Waals surface area contributed by atoms with Gasteiger partial charge in [-0.05, 0) is 25.1 Å². The first-order valence-corrected chi connectivity index (χ1v) is 8.76. The first-order valence-electron chi connectivity index (χ1n) is 8.76. The molecule has 1 aliphatic rings. The summed E-state index contributed by atoms with van der Waals surface area (Å²) in [5.41, 5.74) is 2.47. The second-order valence-corrected chi connectivity index (χ2v) is 6.35. The molecule has 3 heterocycles. The van der Waals surface area contributed by atoms with Crippen LogP contribution in [0.15, 0.2) is 36.5 Å². The number of aromatic nitrogens is 2. The van der Waals surface area contributed by atoms with E-state index in [9.17, 15) is 4.79 Å². The van der Waals surface area contributed by atoms with E-state index in [4.69, 9.17) is 4.74 Å². The zero-order valence-electron chi connectivity index (χ0n) is 14.1. The minimum atomic E-state index is -0.117. The summed E-state index contributed by atoms with van der Waals surface area (Å²) in [5.74, 6) is -0.117. The molecule has 0 bridgehead atoms. The van der Waals surface area contributed by atoms with Crippen molar-refractivity contribution in [3.05, 3.63) is 42.2 Å². The number of ether oxygens (including phenoxy) is 1. The number of rotatable bonds is 5. The molecular weight excluding hydrogens is 316 g/mol. The first-order chi connectivity index (χ1) is 12.3. The van der Waals surface area contributed by atoms with Crippen molar-refractivity contribution in [2.45, 2.75) is 6.42 Å². The van der Waals surface area contributed by atoms with Gasteiger partial charge in [-0.15, -0.1) is 0 Å². The lowest BCUT2D eigenvalue weighted by atomic mass is 10.1. The van der Waals surface area contributed by atoms with Gasteiger partial charge >= 0.3 is 0 Å². The van der Waals surface area contributed by atoms with Crippen LogP contribution in [0.3, 0.4) is 0 Å². The SMILES string of the molecule is O=C(NCCCN1CCOCC1)c1cc2c(cn1)[nH]c1ccccc12. The van der Waals surface area contributed by atoms with Crippen LogP contribution in [0, 0.1) is 0 Å².